The molecular weight excluding hydrogens is 263 g/mol. The molecule has 0 aliphatic heterocycles. The van der Waals surface area contributed by atoms with E-state index < -0.39 is 11.2 Å². The largest absolute Gasteiger partial charge is 0.364 e. The van der Waals surface area contributed by atoms with E-state index in [1.54, 1.807) is 18.2 Å². The maximum absolute atomic E-state index is 13.4. The summed E-state index contributed by atoms with van der Waals surface area (Å²) in [6, 6.07) is 6.45. The van der Waals surface area contributed by atoms with E-state index in [1.165, 1.54) is 20.2 Å². The van der Waals surface area contributed by atoms with E-state index in [4.69, 9.17) is 0 Å². The van der Waals surface area contributed by atoms with E-state index in [2.05, 4.69) is 10.4 Å². The third kappa shape index (κ3) is 2.76. The number of hydrogen-bond acceptors (Lipinski definition) is 4. The van der Waals surface area contributed by atoms with Gasteiger partial charge in [-0.3, -0.25) is 9.36 Å². The molecule has 1 aromatic heterocycles. The molecular formula is C13H15FN4O2. The highest BCUT2D eigenvalue weighted by atomic mass is 19.1. The van der Waals surface area contributed by atoms with Crippen LogP contribution in [-0.2, 0) is 20.5 Å². The first-order valence-electron chi connectivity index (χ1n) is 6.12. The molecule has 1 N–H and O–H groups in total. The van der Waals surface area contributed by atoms with E-state index >= 15 is 0 Å². The topological polar surface area (TPSA) is 68.9 Å². The Labute approximate surface area is 114 Å². The number of halogens is 1. The SMILES string of the molecule is Cn1nc(NCCc2ccccc2F)c(=O)n(C)c1=O. The van der Waals surface area contributed by atoms with Crippen LogP contribution in [0.1, 0.15) is 5.56 Å². The van der Waals surface area contributed by atoms with Crippen molar-refractivity contribution in [3.63, 3.8) is 0 Å². The van der Waals surface area contributed by atoms with Gasteiger partial charge in [-0.05, 0) is 18.1 Å². The number of anilines is 1. The molecule has 0 amide bonds. The first-order chi connectivity index (χ1) is 9.50. The molecule has 0 radical (unpaired) electrons. The molecule has 0 unspecified atom stereocenters. The number of benzene rings is 1. The predicted octanol–water partition coefficient (Wildman–Crippen LogP) is 0.273. The van der Waals surface area contributed by atoms with Gasteiger partial charge in [0.25, 0.3) is 5.56 Å². The average Bonchev–Trinajstić information content (AvgIpc) is 2.44. The summed E-state index contributed by atoms with van der Waals surface area (Å²) in [4.78, 5) is 23.3. The number of aromatic nitrogens is 3. The van der Waals surface area contributed by atoms with Crippen molar-refractivity contribution < 1.29 is 4.39 Å². The van der Waals surface area contributed by atoms with Gasteiger partial charge in [0.1, 0.15) is 5.82 Å². The van der Waals surface area contributed by atoms with Gasteiger partial charge in [0.15, 0.2) is 0 Å². The Morgan fingerprint density at radius 2 is 1.95 bits per heavy atom. The van der Waals surface area contributed by atoms with E-state index in [1.807, 2.05) is 0 Å². The number of hydrogen-bond donors (Lipinski definition) is 1. The zero-order valence-electron chi connectivity index (χ0n) is 11.3. The van der Waals surface area contributed by atoms with Gasteiger partial charge in [0.05, 0.1) is 0 Å². The smallest absolute Gasteiger partial charge is 0.346 e. The van der Waals surface area contributed by atoms with Crippen LogP contribution in [0.3, 0.4) is 0 Å². The molecule has 0 spiro atoms. The van der Waals surface area contributed by atoms with Crippen LogP contribution in [0.2, 0.25) is 0 Å². The second kappa shape index (κ2) is 5.68. The van der Waals surface area contributed by atoms with Crippen molar-refractivity contribution >= 4 is 5.82 Å². The van der Waals surface area contributed by atoms with Gasteiger partial charge >= 0.3 is 5.69 Å². The van der Waals surface area contributed by atoms with Crippen molar-refractivity contribution in [1.29, 1.82) is 0 Å². The lowest BCUT2D eigenvalue weighted by Crippen LogP contribution is -2.40. The molecule has 2 rings (SSSR count). The summed E-state index contributed by atoms with van der Waals surface area (Å²) in [5, 5.41) is 6.68. The van der Waals surface area contributed by atoms with Crippen molar-refractivity contribution in [3.05, 3.63) is 56.5 Å². The van der Waals surface area contributed by atoms with Crippen LogP contribution in [0.5, 0.6) is 0 Å². The quantitative estimate of drug-likeness (QED) is 0.872. The minimum atomic E-state index is -0.498. The summed E-state index contributed by atoms with van der Waals surface area (Å²) in [7, 11) is 2.85. The van der Waals surface area contributed by atoms with Crippen LogP contribution in [-0.4, -0.2) is 20.9 Å². The lowest BCUT2D eigenvalue weighted by molar-refractivity contribution is 0.601. The Bertz CT molecular complexity index is 736. The van der Waals surface area contributed by atoms with Gasteiger partial charge in [0, 0.05) is 20.6 Å². The maximum Gasteiger partial charge on any atom is 0.346 e. The molecule has 0 aliphatic rings. The van der Waals surface area contributed by atoms with Crippen LogP contribution in [0.25, 0.3) is 0 Å². The maximum atomic E-state index is 13.4. The Hall–Kier alpha value is -2.44. The fourth-order valence-corrected chi connectivity index (χ4v) is 1.83. The zero-order valence-corrected chi connectivity index (χ0v) is 11.3. The van der Waals surface area contributed by atoms with E-state index in [0.717, 1.165) is 9.25 Å². The Balaban J connectivity index is 2.11. The Morgan fingerprint density at radius 3 is 2.65 bits per heavy atom. The molecule has 0 bridgehead atoms. The van der Waals surface area contributed by atoms with Gasteiger partial charge in [0.2, 0.25) is 5.82 Å². The van der Waals surface area contributed by atoms with Gasteiger partial charge in [-0.1, -0.05) is 18.2 Å². The first kappa shape index (κ1) is 14.0. The number of aryl methyl sites for hydroxylation is 1. The molecule has 106 valence electrons. The molecule has 0 saturated carbocycles. The molecule has 0 atom stereocenters. The molecule has 20 heavy (non-hydrogen) atoms. The predicted molar refractivity (Wildman–Crippen MR) is 73.3 cm³/mol. The second-order valence-corrected chi connectivity index (χ2v) is 4.39. The lowest BCUT2D eigenvalue weighted by atomic mass is 10.1. The van der Waals surface area contributed by atoms with Crippen LogP contribution in [0, 0.1) is 5.82 Å². The summed E-state index contributed by atoms with van der Waals surface area (Å²) >= 11 is 0. The van der Waals surface area contributed by atoms with E-state index in [0.29, 0.717) is 18.5 Å². The van der Waals surface area contributed by atoms with Gasteiger partial charge in [-0.2, -0.15) is 0 Å². The minimum Gasteiger partial charge on any atom is -0.364 e. The highest BCUT2D eigenvalue weighted by Crippen LogP contribution is 2.06. The third-order valence-electron chi connectivity index (χ3n) is 2.97. The van der Waals surface area contributed by atoms with Crippen LogP contribution in [0.15, 0.2) is 33.9 Å². The Kier molecular flexibility index (Phi) is 3.97. The first-order valence-corrected chi connectivity index (χ1v) is 6.12. The van der Waals surface area contributed by atoms with Crippen molar-refractivity contribution in [2.75, 3.05) is 11.9 Å². The molecule has 0 fully saturated rings. The zero-order chi connectivity index (χ0) is 14.7. The minimum absolute atomic E-state index is 0.0749. The summed E-state index contributed by atoms with van der Waals surface area (Å²) < 4.78 is 15.5. The third-order valence-corrected chi connectivity index (χ3v) is 2.97. The van der Waals surface area contributed by atoms with Gasteiger partial charge in [-0.25, -0.2) is 13.9 Å². The number of rotatable bonds is 4. The molecule has 0 saturated heterocycles. The van der Waals surface area contributed by atoms with Gasteiger partial charge < -0.3 is 5.32 Å². The van der Waals surface area contributed by atoms with Crippen molar-refractivity contribution in [2.24, 2.45) is 14.1 Å². The molecule has 1 aromatic carbocycles. The molecule has 0 aliphatic carbocycles. The molecule has 7 heteroatoms. The molecule has 1 heterocycles. The fraction of sp³-hybridized carbons (Fsp3) is 0.308. The van der Waals surface area contributed by atoms with Crippen LogP contribution >= 0.6 is 0 Å². The summed E-state index contributed by atoms with van der Waals surface area (Å²) in [6.07, 6.45) is 0.417. The monoisotopic (exact) mass is 278 g/mol. The van der Waals surface area contributed by atoms with Crippen LogP contribution in [0.4, 0.5) is 10.2 Å². The van der Waals surface area contributed by atoms with Crippen molar-refractivity contribution in [3.8, 4) is 0 Å². The summed E-state index contributed by atoms with van der Waals surface area (Å²) in [5.41, 5.74) is -0.432. The highest BCUT2D eigenvalue weighted by Gasteiger charge is 2.08. The normalized spacial score (nSPS) is 10.6. The molecule has 2 aromatic rings. The summed E-state index contributed by atoms with van der Waals surface area (Å²) in [6.45, 7) is 0.349. The lowest BCUT2D eigenvalue weighted by Gasteiger charge is -2.08. The number of nitrogens with one attached hydrogen (secondary N) is 1. The van der Waals surface area contributed by atoms with Crippen molar-refractivity contribution in [1.82, 2.24) is 14.3 Å². The summed E-state index contributed by atoms with van der Waals surface area (Å²) in [5.74, 6) is -0.207. The number of nitrogens with zero attached hydrogens (tertiary/aromatic N) is 3. The van der Waals surface area contributed by atoms with Gasteiger partial charge in [-0.15, -0.1) is 5.10 Å². The van der Waals surface area contributed by atoms with Crippen LogP contribution < -0.4 is 16.6 Å². The van der Waals surface area contributed by atoms with Crippen molar-refractivity contribution in [2.45, 2.75) is 6.42 Å². The fourth-order valence-electron chi connectivity index (χ4n) is 1.83. The highest BCUT2D eigenvalue weighted by molar-refractivity contribution is 5.30. The molecule has 6 nitrogen and oxygen atoms in total. The Morgan fingerprint density at radius 1 is 1.25 bits per heavy atom. The second-order valence-electron chi connectivity index (χ2n) is 4.39. The average molecular weight is 278 g/mol. The van der Waals surface area contributed by atoms with E-state index in [-0.39, 0.29) is 11.6 Å². The standard InChI is InChI=1S/C13H15FN4O2/c1-17-12(19)11(16-18(2)13(17)20)15-8-7-9-5-3-4-6-10(9)14/h3-6H,7-8H2,1-2H3,(H,15,16). The van der Waals surface area contributed by atoms with E-state index in [9.17, 15) is 14.0 Å².